The third-order valence-electron chi connectivity index (χ3n) is 4.20. The van der Waals surface area contributed by atoms with Crippen molar-refractivity contribution in [1.82, 2.24) is 15.1 Å². The van der Waals surface area contributed by atoms with Gasteiger partial charge in [0.25, 0.3) is 0 Å². The molecular formula is C14H25N3O3. The molecule has 0 saturated carbocycles. The lowest BCUT2D eigenvalue weighted by atomic mass is 9.84. The largest absolute Gasteiger partial charge is 0.493 e. The highest BCUT2D eigenvalue weighted by atomic mass is 16.5. The van der Waals surface area contributed by atoms with Crippen LogP contribution in [0.3, 0.4) is 0 Å². The molecule has 1 atom stereocenters. The molecule has 0 spiro atoms. The number of likely N-dealkylation sites (N-methyl/N-ethyl adjacent to an activating group) is 1. The summed E-state index contributed by atoms with van der Waals surface area (Å²) in [4.78, 5) is 0. The summed E-state index contributed by atoms with van der Waals surface area (Å²) < 4.78 is 18.9. The van der Waals surface area contributed by atoms with Gasteiger partial charge in [0.1, 0.15) is 5.69 Å². The van der Waals surface area contributed by atoms with Crippen molar-refractivity contribution in [2.45, 2.75) is 38.0 Å². The Hall–Kier alpha value is -1.11. The molecule has 0 amide bonds. The van der Waals surface area contributed by atoms with Crippen LogP contribution in [0.15, 0.2) is 6.20 Å². The Balaban J connectivity index is 2.42. The van der Waals surface area contributed by atoms with Crippen LogP contribution in [0, 0.1) is 0 Å². The number of nitrogens with zero attached hydrogens (tertiary/aromatic N) is 2. The fourth-order valence-electron chi connectivity index (χ4n) is 3.05. The van der Waals surface area contributed by atoms with Crippen LogP contribution in [0.1, 0.15) is 31.5 Å². The molecule has 1 aliphatic heterocycles. The maximum atomic E-state index is 5.92. The van der Waals surface area contributed by atoms with Crippen LogP contribution in [0.5, 0.6) is 5.75 Å². The van der Waals surface area contributed by atoms with E-state index in [0.29, 0.717) is 13.2 Å². The first-order valence-electron chi connectivity index (χ1n) is 7.12. The standard InChI is InChI=1S/C14H25N3O3/c1-5-17-12(11(18-3)10-16-17)13(15-2)14(19-4)6-8-20-9-7-14/h10,13,15H,5-9H2,1-4H3. The molecule has 0 radical (unpaired) electrons. The lowest BCUT2D eigenvalue weighted by Crippen LogP contribution is -2.49. The summed E-state index contributed by atoms with van der Waals surface area (Å²) in [5, 5.41) is 7.79. The summed E-state index contributed by atoms with van der Waals surface area (Å²) in [6, 6.07) is 0.0220. The van der Waals surface area contributed by atoms with E-state index in [0.717, 1.165) is 30.8 Å². The van der Waals surface area contributed by atoms with Crippen LogP contribution in [0.25, 0.3) is 0 Å². The molecule has 0 aliphatic carbocycles. The van der Waals surface area contributed by atoms with Gasteiger partial charge in [0, 0.05) is 39.7 Å². The zero-order chi connectivity index (χ0) is 14.6. The van der Waals surface area contributed by atoms with Crippen LogP contribution in [0.4, 0.5) is 0 Å². The lowest BCUT2D eigenvalue weighted by Gasteiger charge is -2.42. The number of methoxy groups -OCH3 is 2. The van der Waals surface area contributed by atoms with E-state index in [2.05, 4.69) is 17.3 Å². The average molecular weight is 283 g/mol. The Morgan fingerprint density at radius 2 is 2.15 bits per heavy atom. The summed E-state index contributed by atoms with van der Waals surface area (Å²) in [5.41, 5.74) is 0.758. The Labute approximate surface area is 120 Å². The molecule has 1 aliphatic rings. The molecule has 20 heavy (non-hydrogen) atoms. The fourth-order valence-corrected chi connectivity index (χ4v) is 3.05. The Morgan fingerprint density at radius 1 is 1.45 bits per heavy atom. The van der Waals surface area contributed by atoms with E-state index in [1.165, 1.54) is 0 Å². The van der Waals surface area contributed by atoms with E-state index < -0.39 is 0 Å². The topological polar surface area (TPSA) is 57.5 Å². The third-order valence-corrected chi connectivity index (χ3v) is 4.20. The van der Waals surface area contributed by atoms with Gasteiger partial charge in [-0.3, -0.25) is 4.68 Å². The van der Waals surface area contributed by atoms with E-state index in [4.69, 9.17) is 14.2 Å². The molecule has 6 heteroatoms. The summed E-state index contributed by atoms with van der Waals surface area (Å²) in [7, 11) is 5.40. The molecule has 2 rings (SSSR count). The predicted molar refractivity (Wildman–Crippen MR) is 76.0 cm³/mol. The number of hydrogen-bond acceptors (Lipinski definition) is 5. The molecule has 1 aromatic rings. The second kappa shape index (κ2) is 6.56. The van der Waals surface area contributed by atoms with Gasteiger partial charge in [0.05, 0.1) is 24.9 Å². The van der Waals surface area contributed by atoms with Crippen LogP contribution < -0.4 is 10.1 Å². The summed E-state index contributed by atoms with van der Waals surface area (Å²) >= 11 is 0. The molecule has 1 N–H and O–H groups in total. The minimum atomic E-state index is -0.284. The highest BCUT2D eigenvalue weighted by Crippen LogP contribution is 2.40. The molecule has 0 bridgehead atoms. The zero-order valence-corrected chi connectivity index (χ0v) is 12.8. The van der Waals surface area contributed by atoms with Crippen molar-refractivity contribution in [3.8, 4) is 5.75 Å². The van der Waals surface area contributed by atoms with Crippen LogP contribution in [-0.4, -0.2) is 49.9 Å². The van der Waals surface area contributed by atoms with Gasteiger partial charge in [-0.15, -0.1) is 0 Å². The number of hydrogen-bond donors (Lipinski definition) is 1. The predicted octanol–water partition coefficient (Wildman–Crippen LogP) is 1.37. The number of nitrogens with one attached hydrogen (secondary N) is 1. The molecule has 6 nitrogen and oxygen atoms in total. The first-order valence-corrected chi connectivity index (χ1v) is 7.12. The first kappa shape index (κ1) is 15.3. The minimum Gasteiger partial charge on any atom is -0.493 e. The van der Waals surface area contributed by atoms with Crippen LogP contribution in [0.2, 0.25) is 0 Å². The third kappa shape index (κ3) is 2.55. The van der Waals surface area contributed by atoms with E-state index in [1.807, 2.05) is 11.7 Å². The maximum absolute atomic E-state index is 5.92. The van der Waals surface area contributed by atoms with Crippen molar-refractivity contribution in [3.05, 3.63) is 11.9 Å². The van der Waals surface area contributed by atoms with Crippen molar-refractivity contribution in [2.75, 3.05) is 34.5 Å². The Kier molecular flexibility index (Phi) is 5.01. The normalized spacial score (nSPS) is 19.8. The van der Waals surface area contributed by atoms with E-state index in [1.54, 1.807) is 20.4 Å². The number of aryl methyl sites for hydroxylation is 1. The molecule has 1 saturated heterocycles. The van der Waals surface area contributed by atoms with Gasteiger partial charge in [-0.1, -0.05) is 0 Å². The van der Waals surface area contributed by atoms with Gasteiger partial charge < -0.3 is 19.5 Å². The smallest absolute Gasteiger partial charge is 0.161 e. The highest BCUT2D eigenvalue weighted by molar-refractivity contribution is 5.31. The second-order valence-corrected chi connectivity index (χ2v) is 5.02. The van der Waals surface area contributed by atoms with Gasteiger partial charge in [0.15, 0.2) is 5.75 Å². The van der Waals surface area contributed by atoms with Crippen LogP contribution in [-0.2, 0) is 16.0 Å². The number of aromatic nitrogens is 2. The van der Waals surface area contributed by atoms with Gasteiger partial charge in [-0.2, -0.15) is 5.10 Å². The molecule has 1 unspecified atom stereocenters. The van der Waals surface area contributed by atoms with Gasteiger partial charge in [-0.05, 0) is 14.0 Å². The summed E-state index contributed by atoms with van der Waals surface area (Å²) in [6.07, 6.45) is 3.48. The second-order valence-electron chi connectivity index (χ2n) is 5.02. The molecule has 1 aromatic heterocycles. The quantitative estimate of drug-likeness (QED) is 0.854. The fraction of sp³-hybridized carbons (Fsp3) is 0.786. The van der Waals surface area contributed by atoms with Crippen LogP contribution >= 0.6 is 0 Å². The van der Waals surface area contributed by atoms with Gasteiger partial charge >= 0.3 is 0 Å². The van der Waals surface area contributed by atoms with Crippen molar-refractivity contribution >= 4 is 0 Å². The summed E-state index contributed by atoms with van der Waals surface area (Å²) in [5.74, 6) is 0.800. The highest BCUT2D eigenvalue weighted by Gasteiger charge is 2.43. The monoisotopic (exact) mass is 283 g/mol. The van der Waals surface area contributed by atoms with Gasteiger partial charge in [0.2, 0.25) is 0 Å². The van der Waals surface area contributed by atoms with Crippen molar-refractivity contribution < 1.29 is 14.2 Å². The Morgan fingerprint density at radius 3 is 2.65 bits per heavy atom. The summed E-state index contributed by atoms with van der Waals surface area (Å²) in [6.45, 7) is 4.31. The van der Waals surface area contributed by atoms with Crippen molar-refractivity contribution in [2.24, 2.45) is 0 Å². The van der Waals surface area contributed by atoms with E-state index in [9.17, 15) is 0 Å². The maximum Gasteiger partial charge on any atom is 0.161 e. The van der Waals surface area contributed by atoms with Crippen molar-refractivity contribution in [1.29, 1.82) is 0 Å². The minimum absolute atomic E-state index is 0.0220. The molecule has 2 heterocycles. The first-order chi connectivity index (χ1) is 9.72. The SMILES string of the molecule is CCn1ncc(OC)c1C(NC)C1(OC)CCOCC1. The lowest BCUT2D eigenvalue weighted by molar-refractivity contribution is -0.112. The molecule has 0 aromatic carbocycles. The molecule has 114 valence electrons. The molecular weight excluding hydrogens is 258 g/mol. The van der Waals surface area contributed by atoms with Gasteiger partial charge in [-0.25, -0.2) is 0 Å². The zero-order valence-electron chi connectivity index (χ0n) is 12.8. The average Bonchev–Trinajstić information content (AvgIpc) is 2.91. The van der Waals surface area contributed by atoms with Crippen molar-refractivity contribution in [3.63, 3.8) is 0 Å². The number of rotatable bonds is 6. The molecule has 1 fully saturated rings. The van der Waals surface area contributed by atoms with E-state index in [-0.39, 0.29) is 11.6 Å². The Bertz CT molecular complexity index is 406. The number of ether oxygens (including phenoxy) is 3. The van der Waals surface area contributed by atoms with E-state index >= 15 is 0 Å².